The molecule has 3 N–H and O–H groups in total. The van der Waals surface area contributed by atoms with Crippen LogP contribution in [0.2, 0.25) is 0 Å². The summed E-state index contributed by atoms with van der Waals surface area (Å²) < 4.78 is 0. The minimum absolute atomic E-state index is 0.00631. The quantitative estimate of drug-likeness (QED) is 0.702. The first-order valence-corrected chi connectivity index (χ1v) is 5.36. The normalized spacial score (nSPS) is 10.1. The number of aromatic nitrogens is 1. The molecule has 0 aliphatic heterocycles. The number of pyridine rings is 1. The summed E-state index contributed by atoms with van der Waals surface area (Å²) in [5, 5.41) is 12.2. The van der Waals surface area contributed by atoms with E-state index in [1.807, 2.05) is 6.92 Å². The van der Waals surface area contributed by atoms with Gasteiger partial charge in [-0.3, -0.25) is 9.59 Å². The van der Waals surface area contributed by atoms with Crippen molar-refractivity contribution in [2.75, 3.05) is 5.32 Å². The molecule has 0 unspecified atom stereocenters. The van der Waals surface area contributed by atoms with E-state index in [1.165, 1.54) is 18.3 Å². The highest BCUT2D eigenvalue weighted by atomic mass is 16.3. The van der Waals surface area contributed by atoms with Crippen LogP contribution in [-0.2, 0) is 0 Å². The van der Waals surface area contributed by atoms with Crippen molar-refractivity contribution in [3.05, 3.63) is 58.0 Å². The third-order valence-corrected chi connectivity index (χ3v) is 2.44. The fraction of sp³-hybridized carbons (Fsp3) is 0.0769. The van der Waals surface area contributed by atoms with Crippen LogP contribution in [0.4, 0.5) is 5.69 Å². The first-order valence-electron chi connectivity index (χ1n) is 5.36. The standard InChI is InChI=1S/C13H12N2O3/c1-8-2-3-10(11(16)6-8)15-13(18)9-4-5-14-12(17)7-9/h2-7,16H,1H3,(H,14,17)(H,15,18). The van der Waals surface area contributed by atoms with Crippen LogP contribution < -0.4 is 10.9 Å². The number of nitrogens with one attached hydrogen (secondary N) is 2. The van der Waals surface area contributed by atoms with Crippen molar-refractivity contribution >= 4 is 11.6 Å². The molecule has 2 aromatic rings. The Balaban J connectivity index is 2.24. The number of carbonyl (C=O) groups excluding carboxylic acids is 1. The Hall–Kier alpha value is -2.56. The molecular formula is C13H12N2O3. The first kappa shape index (κ1) is 11.9. The highest BCUT2D eigenvalue weighted by Gasteiger charge is 2.09. The second kappa shape index (κ2) is 4.75. The Morgan fingerprint density at radius 3 is 2.72 bits per heavy atom. The summed E-state index contributed by atoms with van der Waals surface area (Å²) >= 11 is 0. The Kier molecular flexibility index (Phi) is 3.14. The molecule has 92 valence electrons. The highest BCUT2D eigenvalue weighted by Crippen LogP contribution is 2.24. The number of amides is 1. The van der Waals surface area contributed by atoms with Crippen LogP contribution in [0.3, 0.4) is 0 Å². The number of aromatic amines is 1. The van der Waals surface area contributed by atoms with Crippen molar-refractivity contribution in [2.45, 2.75) is 6.92 Å². The van der Waals surface area contributed by atoms with Gasteiger partial charge in [0, 0.05) is 17.8 Å². The summed E-state index contributed by atoms with van der Waals surface area (Å²) in [6.07, 6.45) is 1.40. The first-order chi connectivity index (χ1) is 8.56. The summed E-state index contributed by atoms with van der Waals surface area (Å²) in [6, 6.07) is 7.61. The molecule has 18 heavy (non-hydrogen) atoms. The number of phenolic OH excluding ortho intramolecular Hbond substituents is 1. The molecule has 0 saturated heterocycles. The number of benzene rings is 1. The molecule has 0 aliphatic carbocycles. The molecule has 1 amide bonds. The van der Waals surface area contributed by atoms with E-state index in [4.69, 9.17) is 0 Å². The number of carbonyl (C=O) groups is 1. The minimum Gasteiger partial charge on any atom is -0.506 e. The molecule has 2 rings (SSSR count). The number of hydrogen-bond acceptors (Lipinski definition) is 3. The van der Waals surface area contributed by atoms with Gasteiger partial charge in [0.25, 0.3) is 5.91 Å². The predicted octanol–water partition coefficient (Wildman–Crippen LogP) is 1.64. The van der Waals surface area contributed by atoms with Crippen LogP contribution in [0.25, 0.3) is 0 Å². The van der Waals surface area contributed by atoms with Gasteiger partial charge in [0.1, 0.15) is 5.75 Å². The van der Waals surface area contributed by atoms with Gasteiger partial charge in [-0.05, 0) is 30.7 Å². The van der Waals surface area contributed by atoms with Crippen molar-refractivity contribution in [1.29, 1.82) is 0 Å². The van der Waals surface area contributed by atoms with Gasteiger partial charge in [0.15, 0.2) is 0 Å². The molecule has 0 radical (unpaired) electrons. The number of anilines is 1. The topological polar surface area (TPSA) is 82.2 Å². The molecule has 1 heterocycles. The monoisotopic (exact) mass is 244 g/mol. The molecule has 0 atom stereocenters. The van der Waals surface area contributed by atoms with Gasteiger partial charge >= 0.3 is 0 Å². The average Bonchev–Trinajstić information content (AvgIpc) is 2.32. The smallest absolute Gasteiger partial charge is 0.256 e. The molecule has 5 nitrogen and oxygen atoms in total. The maximum absolute atomic E-state index is 11.8. The lowest BCUT2D eigenvalue weighted by molar-refractivity contribution is 0.102. The molecule has 0 spiro atoms. The summed E-state index contributed by atoms with van der Waals surface area (Å²) in [7, 11) is 0. The summed E-state index contributed by atoms with van der Waals surface area (Å²) in [6.45, 7) is 1.84. The van der Waals surface area contributed by atoms with Gasteiger partial charge in [0.05, 0.1) is 5.69 Å². The van der Waals surface area contributed by atoms with E-state index in [-0.39, 0.29) is 16.9 Å². The van der Waals surface area contributed by atoms with Crippen molar-refractivity contribution < 1.29 is 9.90 Å². The zero-order valence-electron chi connectivity index (χ0n) is 9.73. The highest BCUT2D eigenvalue weighted by molar-refractivity contribution is 6.04. The van der Waals surface area contributed by atoms with Crippen LogP contribution in [0, 0.1) is 6.92 Å². The lowest BCUT2D eigenvalue weighted by Gasteiger charge is -2.07. The largest absolute Gasteiger partial charge is 0.506 e. The van der Waals surface area contributed by atoms with E-state index < -0.39 is 5.91 Å². The number of aryl methyl sites for hydroxylation is 1. The molecule has 0 saturated carbocycles. The van der Waals surface area contributed by atoms with Crippen molar-refractivity contribution in [3.63, 3.8) is 0 Å². The maximum Gasteiger partial charge on any atom is 0.256 e. The van der Waals surface area contributed by atoms with E-state index in [0.717, 1.165) is 5.56 Å². The number of H-pyrrole nitrogens is 1. The Morgan fingerprint density at radius 1 is 1.28 bits per heavy atom. The van der Waals surface area contributed by atoms with Crippen LogP contribution in [-0.4, -0.2) is 16.0 Å². The van der Waals surface area contributed by atoms with Crippen molar-refractivity contribution in [1.82, 2.24) is 4.98 Å². The third kappa shape index (κ3) is 2.57. The van der Waals surface area contributed by atoms with Gasteiger partial charge in [-0.25, -0.2) is 0 Å². The molecular weight excluding hydrogens is 232 g/mol. The molecule has 0 aliphatic rings. The fourth-order valence-corrected chi connectivity index (χ4v) is 1.53. The van der Waals surface area contributed by atoms with Gasteiger partial charge in [-0.2, -0.15) is 0 Å². The zero-order chi connectivity index (χ0) is 13.1. The summed E-state index contributed by atoms with van der Waals surface area (Å²) in [4.78, 5) is 25.3. The van der Waals surface area contributed by atoms with Crippen LogP contribution in [0.15, 0.2) is 41.3 Å². The summed E-state index contributed by atoms with van der Waals surface area (Å²) in [5.41, 5.74) is 1.09. The van der Waals surface area contributed by atoms with Crippen LogP contribution >= 0.6 is 0 Å². The van der Waals surface area contributed by atoms with Gasteiger partial charge in [-0.1, -0.05) is 6.07 Å². The Morgan fingerprint density at radius 2 is 2.06 bits per heavy atom. The second-order valence-corrected chi connectivity index (χ2v) is 3.92. The molecule has 0 bridgehead atoms. The van der Waals surface area contributed by atoms with Crippen molar-refractivity contribution in [2.24, 2.45) is 0 Å². The lowest BCUT2D eigenvalue weighted by Crippen LogP contribution is -2.15. The number of rotatable bonds is 2. The van der Waals surface area contributed by atoms with E-state index in [0.29, 0.717) is 5.69 Å². The minimum atomic E-state index is -0.444. The van der Waals surface area contributed by atoms with Crippen LogP contribution in [0.5, 0.6) is 5.75 Å². The SMILES string of the molecule is Cc1ccc(NC(=O)c2cc[nH]c(=O)c2)c(O)c1. The van der Waals surface area contributed by atoms with E-state index >= 15 is 0 Å². The summed E-state index contributed by atoms with van der Waals surface area (Å²) in [5.74, 6) is -0.451. The fourth-order valence-electron chi connectivity index (χ4n) is 1.53. The molecule has 0 fully saturated rings. The van der Waals surface area contributed by atoms with Gasteiger partial charge < -0.3 is 15.4 Å². The molecule has 1 aromatic carbocycles. The molecule has 1 aromatic heterocycles. The van der Waals surface area contributed by atoms with Gasteiger partial charge in [0.2, 0.25) is 5.56 Å². The van der Waals surface area contributed by atoms with E-state index in [1.54, 1.807) is 18.2 Å². The van der Waals surface area contributed by atoms with E-state index in [2.05, 4.69) is 10.3 Å². The average molecular weight is 244 g/mol. The Bertz CT molecular complexity index is 647. The Labute approximate surface area is 103 Å². The van der Waals surface area contributed by atoms with Crippen LogP contribution in [0.1, 0.15) is 15.9 Å². The third-order valence-electron chi connectivity index (χ3n) is 2.44. The lowest BCUT2D eigenvalue weighted by atomic mass is 10.2. The van der Waals surface area contributed by atoms with Gasteiger partial charge in [-0.15, -0.1) is 0 Å². The number of phenols is 1. The van der Waals surface area contributed by atoms with E-state index in [9.17, 15) is 14.7 Å². The number of hydrogen-bond donors (Lipinski definition) is 3. The zero-order valence-corrected chi connectivity index (χ0v) is 9.73. The molecule has 5 heteroatoms. The maximum atomic E-state index is 11.8. The second-order valence-electron chi connectivity index (χ2n) is 3.92. The number of aromatic hydroxyl groups is 1. The predicted molar refractivity (Wildman–Crippen MR) is 67.9 cm³/mol. The van der Waals surface area contributed by atoms with Crippen molar-refractivity contribution in [3.8, 4) is 5.75 Å².